The number of hydrogen-bond donors (Lipinski definition) is 1. The summed E-state index contributed by atoms with van der Waals surface area (Å²) in [5.41, 5.74) is 0. The first-order valence-electron chi connectivity index (χ1n) is 6.68. The maximum atomic E-state index is 11.5. The number of halogens is 1. The molecule has 0 spiro atoms. The third kappa shape index (κ3) is 5.16. The smallest absolute Gasteiger partial charge is 0.413 e. The lowest BCUT2D eigenvalue weighted by molar-refractivity contribution is 0.147. The molecule has 2 aromatic rings. The molecule has 0 radical (unpaired) electrons. The second kappa shape index (κ2) is 7.95. The monoisotopic (exact) mass is 341 g/mol. The van der Waals surface area contributed by atoms with Crippen molar-refractivity contribution in [3.63, 3.8) is 0 Å². The fourth-order valence-corrected chi connectivity index (χ4v) is 2.26. The zero-order valence-corrected chi connectivity index (χ0v) is 13.8. The molecule has 1 N–H and O–H groups in total. The van der Waals surface area contributed by atoms with Crippen molar-refractivity contribution in [2.75, 3.05) is 11.9 Å². The molecule has 1 heterocycles. The molecule has 0 unspecified atom stereocenters. The highest BCUT2D eigenvalue weighted by atomic mass is 35.5. The van der Waals surface area contributed by atoms with Crippen LogP contribution >= 0.6 is 22.9 Å². The first kappa shape index (κ1) is 16.5. The van der Waals surface area contributed by atoms with Crippen molar-refractivity contribution in [1.29, 1.82) is 0 Å². The summed E-state index contributed by atoms with van der Waals surface area (Å²) in [6, 6.07) is 7.17. The Balaban J connectivity index is 1.84. The Hall–Kier alpha value is -1.86. The number of ether oxygens (including phenoxy) is 2. The highest BCUT2D eigenvalue weighted by Gasteiger charge is 2.10. The Morgan fingerprint density at radius 2 is 2.14 bits per heavy atom. The molecular formula is C14H16ClN3O3S. The van der Waals surface area contributed by atoms with Crippen LogP contribution in [-0.2, 0) is 11.3 Å². The van der Waals surface area contributed by atoms with Crippen LogP contribution in [-0.4, -0.2) is 22.9 Å². The number of hydrogen-bond acceptors (Lipinski definition) is 6. The van der Waals surface area contributed by atoms with Gasteiger partial charge in [-0.25, -0.2) is 4.79 Å². The summed E-state index contributed by atoms with van der Waals surface area (Å²) in [5, 5.41) is 11.9. The summed E-state index contributed by atoms with van der Waals surface area (Å²) in [6.45, 7) is 4.50. The van der Waals surface area contributed by atoms with Gasteiger partial charge in [-0.15, -0.1) is 10.2 Å². The molecular weight excluding hydrogens is 326 g/mol. The molecule has 0 saturated heterocycles. The van der Waals surface area contributed by atoms with Crippen LogP contribution in [0.15, 0.2) is 24.3 Å². The van der Waals surface area contributed by atoms with Gasteiger partial charge in [-0.3, -0.25) is 5.32 Å². The van der Waals surface area contributed by atoms with Gasteiger partial charge in [0.15, 0.2) is 5.01 Å². The second-order valence-corrected chi connectivity index (χ2v) is 6.31. The van der Waals surface area contributed by atoms with Gasteiger partial charge in [-0.1, -0.05) is 48.9 Å². The lowest BCUT2D eigenvalue weighted by Crippen LogP contribution is -2.16. The van der Waals surface area contributed by atoms with Crippen molar-refractivity contribution < 1.29 is 14.3 Å². The van der Waals surface area contributed by atoms with Crippen LogP contribution in [0.3, 0.4) is 0 Å². The average Bonchev–Trinajstić information content (AvgIpc) is 2.92. The van der Waals surface area contributed by atoms with Crippen molar-refractivity contribution in [3.05, 3.63) is 34.3 Å². The fourth-order valence-electron chi connectivity index (χ4n) is 1.43. The predicted octanol–water partition coefficient (Wildman–Crippen LogP) is 3.98. The van der Waals surface area contributed by atoms with Gasteiger partial charge < -0.3 is 9.47 Å². The van der Waals surface area contributed by atoms with Crippen LogP contribution < -0.4 is 10.1 Å². The number of para-hydroxylation sites is 1. The molecule has 0 aliphatic heterocycles. The summed E-state index contributed by atoms with van der Waals surface area (Å²) in [7, 11) is 0. The Bertz CT molecular complexity index is 633. The number of anilines is 1. The van der Waals surface area contributed by atoms with Gasteiger partial charge in [0.1, 0.15) is 12.4 Å². The standard InChI is InChI=1S/C14H16ClN3O3S/c1-9(2)7-21-14(19)16-13-18-17-12(22-13)8-20-11-6-4-3-5-10(11)15/h3-6,9H,7-8H2,1-2H3,(H,16,18,19). The van der Waals surface area contributed by atoms with E-state index in [1.807, 2.05) is 26.0 Å². The van der Waals surface area contributed by atoms with Crippen molar-refractivity contribution in [2.45, 2.75) is 20.5 Å². The third-order valence-electron chi connectivity index (χ3n) is 2.41. The largest absolute Gasteiger partial charge is 0.485 e. The van der Waals surface area contributed by atoms with Crippen LogP contribution in [0.2, 0.25) is 5.02 Å². The minimum Gasteiger partial charge on any atom is -0.485 e. The van der Waals surface area contributed by atoms with E-state index >= 15 is 0 Å². The third-order valence-corrected chi connectivity index (χ3v) is 3.54. The molecule has 1 aromatic carbocycles. The molecule has 0 aliphatic carbocycles. The highest BCUT2D eigenvalue weighted by Crippen LogP contribution is 2.25. The molecule has 1 aromatic heterocycles. The minimum atomic E-state index is -0.538. The summed E-state index contributed by atoms with van der Waals surface area (Å²) in [5.74, 6) is 0.852. The van der Waals surface area contributed by atoms with Gasteiger partial charge in [0, 0.05) is 0 Å². The van der Waals surface area contributed by atoms with E-state index in [0.29, 0.717) is 27.5 Å². The van der Waals surface area contributed by atoms with E-state index in [2.05, 4.69) is 15.5 Å². The average molecular weight is 342 g/mol. The maximum Gasteiger partial charge on any atom is 0.413 e. The quantitative estimate of drug-likeness (QED) is 0.860. The van der Waals surface area contributed by atoms with Gasteiger partial charge >= 0.3 is 6.09 Å². The topological polar surface area (TPSA) is 73.3 Å². The summed E-state index contributed by atoms with van der Waals surface area (Å²) in [6.07, 6.45) is -0.538. The van der Waals surface area contributed by atoms with E-state index in [-0.39, 0.29) is 12.5 Å². The van der Waals surface area contributed by atoms with E-state index in [9.17, 15) is 4.79 Å². The normalized spacial score (nSPS) is 10.5. The number of benzene rings is 1. The van der Waals surface area contributed by atoms with Gasteiger partial charge in [-0.2, -0.15) is 0 Å². The zero-order chi connectivity index (χ0) is 15.9. The van der Waals surface area contributed by atoms with Crippen LogP contribution in [0, 0.1) is 5.92 Å². The van der Waals surface area contributed by atoms with Crippen LogP contribution in [0.5, 0.6) is 5.75 Å². The van der Waals surface area contributed by atoms with Gasteiger partial charge in [-0.05, 0) is 18.1 Å². The van der Waals surface area contributed by atoms with E-state index in [4.69, 9.17) is 21.1 Å². The molecule has 0 fully saturated rings. The number of nitrogens with zero attached hydrogens (tertiary/aromatic N) is 2. The summed E-state index contributed by atoms with van der Waals surface area (Å²) in [4.78, 5) is 11.5. The van der Waals surface area contributed by atoms with E-state index < -0.39 is 6.09 Å². The predicted molar refractivity (Wildman–Crippen MR) is 85.5 cm³/mol. The molecule has 22 heavy (non-hydrogen) atoms. The van der Waals surface area contributed by atoms with Crippen LogP contribution in [0.4, 0.5) is 9.93 Å². The van der Waals surface area contributed by atoms with Gasteiger partial charge in [0.2, 0.25) is 5.13 Å². The molecule has 0 bridgehead atoms. The summed E-state index contributed by atoms with van der Waals surface area (Å²) < 4.78 is 10.6. The number of nitrogens with one attached hydrogen (secondary N) is 1. The molecule has 1 amide bonds. The first-order valence-corrected chi connectivity index (χ1v) is 7.87. The van der Waals surface area contributed by atoms with Crippen LogP contribution in [0.25, 0.3) is 0 Å². The maximum absolute atomic E-state index is 11.5. The Kier molecular flexibility index (Phi) is 5.97. The van der Waals surface area contributed by atoms with Crippen molar-refractivity contribution in [2.24, 2.45) is 5.92 Å². The van der Waals surface area contributed by atoms with Crippen molar-refractivity contribution in [3.8, 4) is 5.75 Å². The fraction of sp³-hybridized carbons (Fsp3) is 0.357. The number of aromatic nitrogens is 2. The second-order valence-electron chi connectivity index (χ2n) is 4.84. The van der Waals surface area contributed by atoms with E-state index in [1.165, 1.54) is 11.3 Å². The Morgan fingerprint density at radius 1 is 1.36 bits per heavy atom. The number of amides is 1. The molecule has 8 heteroatoms. The zero-order valence-electron chi connectivity index (χ0n) is 12.2. The Morgan fingerprint density at radius 3 is 2.86 bits per heavy atom. The molecule has 118 valence electrons. The summed E-state index contributed by atoms with van der Waals surface area (Å²) >= 11 is 7.21. The lowest BCUT2D eigenvalue weighted by Gasteiger charge is -2.06. The number of rotatable bonds is 6. The highest BCUT2D eigenvalue weighted by molar-refractivity contribution is 7.15. The van der Waals surface area contributed by atoms with Crippen molar-refractivity contribution >= 4 is 34.2 Å². The number of carbonyl (C=O) groups is 1. The van der Waals surface area contributed by atoms with E-state index in [1.54, 1.807) is 12.1 Å². The molecule has 6 nitrogen and oxygen atoms in total. The minimum absolute atomic E-state index is 0.226. The number of carbonyl (C=O) groups excluding carboxylic acids is 1. The SMILES string of the molecule is CC(C)COC(=O)Nc1nnc(COc2ccccc2Cl)s1. The van der Waals surface area contributed by atoms with Crippen molar-refractivity contribution in [1.82, 2.24) is 10.2 Å². The van der Waals surface area contributed by atoms with Gasteiger partial charge in [0.05, 0.1) is 11.6 Å². The molecule has 0 saturated carbocycles. The molecule has 0 atom stereocenters. The molecule has 2 rings (SSSR count). The molecule has 0 aliphatic rings. The Labute approximate surface area is 137 Å². The van der Waals surface area contributed by atoms with Crippen LogP contribution in [0.1, 0.15) is 18.9 Å². The van der Waals surface area contributed by atoms with E-state index in [0.717, 1.165) is 0 Å². The lowest BCUT2D eigenvalue weighted by atomic mass is 10.2. The van der Waals surface area contributed by atoms with Gasteiger partial charge in [0.25, 0.3) is 0 Å². The first-order chi connectivity index (χ1) is 10.5.